The maximum Gasteiger partial charge on any atom is 0.346 e. The monoisotopic (exact) mass is 539 g/mol. The molecule has 2 heterocycles. The van der Waals surface area contributed by atoms with Crippen molar-refractivity contribution in [3.63, 3.8) is 0 Å². The fourth-order valence-electron chi connectivity index (χ4n) is 3.98. The Bertz CT molecular complexity index is 1340. The van der Waals surface area contributed by atoms with Gasteiger partial charge in [-0.1, -0.05) is 0 Å². The van der Waals surface area contributed by atoms with Gasteiger partial charge in [0.25, 0.3) is 0 Å². The van der Waals surface area contributed by atoms with Crippen molar-refractivity contribution in [1.82, 2.24) is 0 Å². The molecule has 1 aliphatic heterocycles. The zero-order valence-corrected chi connectivity index (χ0v) is 20.7. The zero-order chi connectivity index (χ0) is 27.0. The van der Waals surface area contributed by atoms with E-state index in [4.69, 9.17) is 9.47 Å². The van der Waals surface area contributed by atoms with Crippen LogP contribution in [0.5, 0.6) is 11.5 Å². The molecule has 5 N–H and O–H groups in total. The summed E-state index contributed by atoms with van der Waals surface area (Å²) in [5.74, 6) is -4.28. The summed E-state index contributed by atoms with van der Waals surface area (Å²) >= 11 is 0.840. The topological polar surface area (TPSA) is 124 Å². The smallest absolute Gasteiger partial charge is 0.346 e. The lowest BCUT2D eigenvalue weighted by molar-refractivity contribution is 0.0675. The minimum absolute atomic E-state index is 0.000727. The van der Waals surface area contributed by atoms with E-state index in [9.17, 15) is 28.9 Å². The van der Waals surface area contributed by atoms with Gasteiger partial charge in [-0.05, 0) is 32.0 Å². The molecule has 2 aromatic carbocycles. The van der Waals surface area contributed by atoms with Gasteiger partial charge in [0.05, 0.1) is 35.8 Å². The lowest BCUT2D eigenvalue weighted by Crippen LogP contribution is -2.47. The van der Waals surface area contributed by atoms with E-state index >= 15 is 4.39 Å². The highest BCUT2D eigenvalue weighted by atomic mass is 32.1. The van der Waals surface area contributed by atoms with E-state index in [0.717, 1.165) is 28.4 Å². The molecule has 0 spiro atoms. The third-order valence-corrected chi connectivity index (χ3v) is 6.60. The molecule has 13 heteroatoms. The minimum Gasteiger partial charge on any atom is -0.494 e. The Morgan fingerprint density at radius 1 is 1.19 bits per heavy atom. The summed E-state index contributed by atoms with van der Waals surface area (Å²) in [6.45, 7) is 3.17. The SMILES string of the molecule is COc1cc(F)c(N2C(O)Nc3csc(C(=O)O)c3C2O)cc1NCc1c(OC(C)C)ccc(F)c1F. The van der Waals surface area contributed by atoms with Crippen LogP contribution in [0.15, 0.2) is 29.6 Å². The van der Waals surface area contributed by atoms with Gasteiger partial charge in [0.15, 0.2) is 23.7 Å². The highest BCUT2D eigenvalue weighted by molar-refractivity contribution is 7.12. The first-order chi connectivity index (χ1) is 17.5. The molecular formula is C24H24F3N3O6S. The first-order valence-corrected chi connectivity index (χ1v) is 11.9. The van der Waals surface area contributed by atoms with Gasteiger partial charge in [-0.15, -0.1) is 11.3 Å². The molecule has 0 fully saturated rings. The fraction of sp³-hybridized carbons (Fsp3) is 0.292. The Hall–Kier alpha value is -3.68. The average molecular weight is 540 g/mol. The van der Waals surface area contributed by atoms with E-state index in [0.29, 0.717) is 0 Å². The first-order valence-electron chi connectivity index (χ1n) is 11.0. The molecule has 198 valence electrons. The van der Waals surface area contributed by atoms with Crippen LogP contribution in [-0.4, -0.2) is 40.9 Å². The number of aliphatic hydroxyl groups is 2. The number of aliphatic hydroxyl groups excluding tert-OH is 2. The molecular weight excluding hydrogens is 515 g/mol. The molecule has 37 heavy (non-hydrogen) atoms. The second-order valence-electron chi connectivity index (χ2n) is 8.36. The Kier molecular flexibility index (Phi) is 7.39. The van der Waals surface area contributed by atoms with E-state index in [-0.39, 0.29) is 57.2 Å². The number of nitrogens with zero attached hydrogens (tertiary/aromatic N) is 1. The predicted molar refractivity (Wildman–Crippen MR) is 131 cm³/mol. The maximum absolute atomic E-state index is 15.2. The summed E-state index contributed by atoms with van der Waals surface area (Å²) in [5.41, 5.74) is -0.153. The van der Waals surface area contributed by atoms with Crippen molar-refractivity contribution in [3.8, 4) is 11.5 Å². The Balaban J connectivity index is 1.71. The second kappa shape index (κ2) is 10.4. The van der Waals surface area contributed by atoms with E-state index in [1.807, 2.05) is 0 Å². The number of hydrogen-bond acceptors (Lipinski definition) is 9. The number of nitrogens with one attached hydrogen (secondary N) is 2. The summed E-state index contributed by atoms with van der Waals surface area (Å²) in [7, 11) is 1.28. The number of fused-ring (bicyclic) bond motifs is 1. The number of carboxylic acid groups (broad SMARTS) is 1. The van der Waals surface area contributed by atoms with Crippen LogP contribution in [0.4, 0.5) is 30.2 Å². The lowest BCUT2D eigenvalue weighted by atomic mass is 10.1. The minimum atomic E-state index is -1.72. The van der Waals surface area contributed by atoms with Crippen molar-refractivity contribution >= 4 is 34.4 Å². The van der Waals surface area contributed by atoms with Crippen molar-refractivity contribution < 1.29 is 42.8 Å². The summed E-state index contributed by atoms with van der Waals surface area (Å²) in [6, 6.07) is 4.42. The number of thiophene rings is 1. The van der Waals surface area contributed by atoms with Crippen LogP contribution < -0.4 is 25.0 Å². The van der Waals surface area contributed by atoms with Crippen LogP contribution in [0.25, 0.3) is 0 Å². The number of benzene rings is 2. The zero-order valence-electron chi connectivity index (χ0n) is 19.9. The molecule has 9 nitrogen and oxygen atoms in total. The van der Waals surface area contributed by atoms with Crippen LogP contribution in [0.1, 0.15) is 40.9 Å². The van der Waals surface area contributed by atoms with Crippen molar-refractivity contribution in [2.45, 2.75) is 39.1 Å². The van der Waals surface area contributed by atoms with E-state index in [2.05, 4.69) is 10.6 Å². The van der Waals surface area contributed by atoms with Crippen molar-refractivity contribution in [2.75, 3.05) is 22.6 Å². The van der Waals surface area contributed by atoms with Gasteiger partial charge < -0.3 is 35.4 Å². The van der Waals surface area contributed by atoms with Gasteiger partial charge in [-0.25, -0.2) is 18.0 Å². The van der Waals surface area contributed by atoms with Crippen LogP contribution in [-0.2, 0) is 6.54 Å². The highest BCUT2D eigenvalue weighted by Gasteiger charge is 2.38. The number of anilines is 3. The van der Waals surface area contributed by atoms with Gasteiger partial charge in [0.1, 0.15) is 16.4 Å². The lowest BCUT2D eigenvalue weighted by Gasteiger charge is -2.39. The van der Waals surface area contributed by atoms with E-state index < -0.39 is 36.0 Å². The van der Waals surface area contributed by atoms with Crippen LogP contribution >= 0.6 is 11.3 Å². The number of carbonyl (C=O) groups is 1. The summed E-state index contributed by atoms with van der Waals surface area (Å²) in [4.78, 5) is 12.3. The molecule has 2 atom stereocenters. The molecule has 0 amide bonds. The van der Waals surface area contributed by atoms with Gasteiger partial charge in [0, 0.05) is 23.6 Å². The van der Waals surface area contributed by atoms with Crippen LogP contribution in [0.3, 0.4) is 0 Å². The molecule has 1 aromatic heterocycles. The van der Waals surface area contributed by atoms with Gasteiger partial charge in [-0.3, -0.25) is 4.90 Å². The standard InChI is InChI=1S/C24H24F3N3O6S/c1-10(2)36-17-5-4-12(25)20(27)11(17)8-28-14-7-16(13(26)6-18(14)35-3)30-22(31)19-15(29-24(30)34)9-37-21(19)23(32)33/h4-7,9-10,22,24,28-29,31,34H,8H2,1-3H3,(H,32,33). The van der Waals surface area contributed by atoms with Gasteiger partial charge in [-0.2, -0.15) is 0 Å². The largest absolute Gasteiger partial charge is 0.494 e. The highest BCUT2D eigenvalue weighted by Crippen LogP contribution is 2.43. The summed E-state index contributed by atoms with van der Waals surface area (Å²) in [5, 5.41) is 37.9. The molecule has 1 aliphatic rings. The fourth-order valence-corrected chi connectivity index (χ4v) is 4.86. The quantitative estimate of drug-likeness (QED) is 0.282. The van der Waals surface area contributed by atoms with Crippen molar-refractivity contribution in [2.24, 2.45) is 0 Å². The molecule has 0 aliphatic carbocycles. The summed E-state index contributed by atoms with van der Waals surface area (Å²) in [6.07, 6.45) is -3.66. The second-order valence-corrected chi connectivity index (χ2v) is 9.24. The number of carboxylic acids is 1. The van der Waals surface area contributed by atoms with Crippen molar-refractivity contribution in [3.05, 3.63) is 63.1 Å². The molecule has 2 unspecified atom stereocenters. The number of methoxy groups -OCH3 is 1. The number of rotatable bonds is 8. The Morgan fingerprint density at radius 3 is 2.57 bits per heavy atom. The Labute approximate surface area is 213 Å². The molecule has 3 aromatic rings. The molecule has 0 bridgehead atoms. The van der Waals surface area contributed by atoms with Gasteiger partial charge in [0.2, 0.25) is 6.35 Å². The van der Waals surface area contributed by atoms with Gasteiger partial charge >= 0.3 is 5.97 Å². The third-order valence-electron chi connectivity index (χ3n) is 5.61. The normalized spacial score (nSPS) is 16.8. The first kappa shape index (κ1) is 26.4. The molecule has 0 saturated carbocycles. The number of halogens is 3. The average Bonchev–Trinajstić information content (AvgIpc) is 3.26. The summed E-state index contributed by atoms with van der Waals surface area (Å²) < 4.78 is 54.5. The molecule has 4 rings (SSSR count). The van der Waals surface area contributed by atoms with E-state index in [1.165, 1.54) is 24.6 Å². The Morgan fingerprint density at radius 2 is 1.92 bits per heavy atom. The number of aromatic carboxylic acids is 1. The number of hydrogen-bond donors (Lipinski definition) is 5. The molecule has 0 radical (unpaired) electrons. The van der Waals surface area contributed by atoms with Crippen molar-refractivity contribution in [1.29, 1.82) is 0 Å². The predicted octanol–water partition coefficient (Wildman–Crippen LogP) is 4.47. The molecule has 0 saturated heterocycles. The van der Waals surface area contributed by atoms with Crippen LogP contribution in [0.2, 0.25) is 0 Å². The third kappa shape index (κ3) is 4.97. The maximum atomic E-state index is 15.2. The van der Waals surface area contributed by atoms with Crippen LogP contribution in [0, 0.1) is 17.5 Å². The van der Waals surface area contributed by atoms with E-state index in [1.54, 1.807) is 13.8 Å². The number of ether oxygens (including phenoxy) is 2.